The van der Waals surface area contributed by atoms with Crippen LogP contribution in [0, 0.1) is 0 Å². The van der Waals surface area contributed by atoms with Gasteiger partial charge in [0.05, 0.1) is 24.3 Å². The lowest BCUT2D eigenvalue weighted by Gasteiger charge is -2.21. The van der Waals surface area contributed by atoms with E-state index in [4.69, 9.17) is 9.47 Å². The standard InChI is InChI=1S/C20H16O8/c1-8(21)27-3-2-9-7-28-20-15(9)14(24)6-12-17(20)19(26)16-11(18(12)25)4-10(22)5-13(16)23/h4-6,9,22-24H,2-3,7H2,1H3. The molecule has 0 radical (unpaired) electrons. The monoisotopic (exact) mass is 384 g/mol. The lowest BCUT2D eigenvalue weighted by atomic mass is 9.80. The molecule has 0 saturated carbocycles. The van der Waals surface area contributed by atoms with Crippen molar-refractivity contribution >= 4 is 17.5 Å². The number of esters is 1. The molecular formula is C20H16O8. The Kier molecular flexibility index (Phi) is 3.99. The summed E-state index contributed by atoms with van der Waals surface area (Å²) in [6, 6.07) is 3.29. The highest BCUT2D eigenvalue weighted by Crippen LogP contribution is 2.49. The Balaban J connectivity index is 1.81. The van der Waals surface area contributed by atoms with E-state index in [0.29, 0.717) is 12.0 Å². The Morgan fingerprint density at radius 1 is 1.07 bits per heavy atom. The fourth-order valence-electron chi connectivity index (χ4n) is 3.75. The van der Waals surface area contributed by atoms with Gasteiger partial charge >= 0.3 is 5.97 Å². The van der Waals surface area contributed by atoms with E-state index in [1.807, 2.05) is 0 Å². The van der Waals surface area contributed by atoms with Crippen molar-refractivity contribution in [2.45, 2.75) is 19.3 Å². The minimum atomic E-state index is -0.626. The average molecular weight is 384 g/mol. The third kappa shape index (κ3) is 2.57. The van der Waals surface area contributed by atoms with Crippen LogP contribution in [0.2, 0.25) is 0 Å². The van der Waals surface area contributed by atoms with Crippen LogP contribution in [0.4, 0.5) is 0 Å². The van der Waals surface area contributed by atoms with Crippen LogP contribution in [0.1, 0.15) is 56.7 Å². The SMILES string of the molecule is CC(=O)OCCC1COc2c3c(cc(O)c21)C(=O)c1cc(O)cc(O)c1C3=O. The van der Waals surface area contributed by atoms with Gasteiger partial charge < -0.3 is 24.8 Å². The molecule has 2 aromatic rings. The molecule has 8 nitrogen and oxygen atoms in total. The molecule has 1 aliphatic carbocycles. The Morgan fingerprint density at radius 2 is 1.79 bits per heavy atom. The van der Waals surface area contributed by atoms with Gasteiger partial charge in [-0.15, -0.1) is 0 Å². The second-order valence-corrected chi connectivity index (χ2v) is 6.74. The number of ketones is 2. The molecule has 4 rings (SSSR count). The van der Waals surface area contributed by atoms with Crippen LogP contribution in [0.25, 0.3) is 0 Å². The van der Waals surface area contributed by atoms with Gasteiger partial charge in [0.1, 0.15) is 23.0 Å². The van der Waals surface area contributed by atoms with Crippen LogP contribution in [0.5, 0.6) is 23.0 Å². The van der Waals surface area contributed by atoms with Gasteiger partial charge in [0.25, 0.3) is 0 Å². The average Bonchev–Trinajstić information content (AvgIpc) is 3.03. The number of phenols is 3. The maximum absolute atomic E-state index is 13.0. The number of ether oxygens (including phenoxy) is 2. The van der Waals surface area contributed by atoms with Crippen LogP contribution >= 0.6 is 0 Å². The molecule has 1 unspecified atom stereocenters. The predicted molar refractivity (Wildman–Crippen MR) is 94.2 cm³/mol. The fraction of sp³-hybridized carbons (Fsp3) is 0.250. The molecule has 3 N–H and O–H groups in total. The third-order valence-corrected chi connectivity index (χ3v) is 4.95. The van der Waals surface area contributed by atoms with Crippen LogP contribution in [-0.2, 0) is 9.53 Å². The second kappa shape index (κ2) is 6.26. The maximum Gasteiger partial charge on any atom is 0.302 e. The van der Waals surface area contributed by atoms with Crippen molar-refractivity contribution in [3.63, 3.8) is 0 Å². The Bertz CT molecular complexity index is 1050. The van der Waals surface area contributed by atoms with Crippen molar-refractivity contribution in [2.75, 3.05) is 13.2 Å². The summed E-state index contributed by atoms with van der Waals surface area (Å²) in [4.78, 5) is 36.8. The molecule has 2 aromatic carbocycles. The molecule has 0 spiro atoms. The first-order valence-corrected chi connectivity index (χ1v) is 8.61. The van der Waals surface area contributed by atoms with Crippen molar-refractivity contribution in [3.05, 3.63) is 46.0 Å². The van der Waals surface area contributed by atoms with Crippen molar-refractivity contribution in [1.82, 2.24) is 0 Å². The zero-order chi connectivity index (χ0) is 20.2. The van der Waals surface area contributed by atoms with Gasteiger partial charge in [-0.05, 0) is 18.6 Å². The van der Waals surface area contributed by atoms with Gasteiger partial charge in [-0.2, -0.15) is 0 Å². The zero-order valence-corrected chi connectivity index (χ0v) is 14.8. The van der Waals surface area contributed by atoms with Gasteiger partial charge in [0.15, 0.2) is 5.78 Å². The minimum Gasteiger partial charge on any atom is -0.508 e. The van der Waals surface area contributed by atoms with Crippen molar-refractivity contribution in [1.29, 1.82) is 0 Å². The number of phenolic OH excluding ortho intramolecular Hbond substituents is 3. The summed E-state index contributed by atoms with van der Waals surface area (Å²) in [7, 11) is 0. The quantitative estimate of drug-likeness (QED) is 0.585. The number of hydrogen-bond donors (Lipinski definition) is 3. The van der Waals surface area contributed by atoms with Gasteiger partial charge in [-0.1, -0.05) is 0 Å². The minimum absolute atomic E-state index is 0.0266. The van der Waals surface area contributed by atoms with Crippen LogP contribution in [0.15, 0.2) is 18.2 Å². The summed E-state index contributed by atoms with van der Waals surface area (Å²) in [6.45, 7) is 1.56. The van der Waals surface area contributed by atoms with Gasteiger partial charge in [0, 0.05) is 35.6 Å². The molecule has 28 heavy (non-hydrogen) atoms. The normalized spacial score (nSPS) is 16.8. The van der Waals surface area contributed by atoms with Crippen molar-refractivity contribution in [3.8, 4) is 23.0 Å². The van der Waals surface area contributed by atoms with Crippen molar-refractivity contribution in [2.24, 2.45) is 0 Å². The second-order valence-electron chi connectivity index (χ2n) is 6.74. The van der Waals surface area contributed by atoms with Gasteiger partial charge in [0.2, 0.25) is 5.78 Å². The smallest absolute Gasteiger partial charge is 0.302 e. The summed E-state index contributed by atoms with van der Waals surface area (Å²) in [6.07, 6.45) is 0.372. The number of fused-ring (bicyclic) bond motifs is 4. The van der Waals surface area contributed by atoms with E-state index in [9.17, 15) is 29.7 Å². The van der Waals surface area contributed by atoms with E-state index in [-0.39, 0.29) is 58.6 Å². The Morgan fingerprint density at radius 3 is 2.50 bits per heavy atom. The summed E-state index contributed by atoms with van der Waals surface area (Å²) in [5, 5.41) is 30.2. The highest BCUT2D eigenvalue weighted by molar-refractivity contribution is 6.30. The van der Waals surface area contributed by atoms with E-state index in [0.717, 1.165) is 12.1 Å². The molecular weight excluding hydrogens is 368 g/mol. The van der Waals surface area contributed by atoms with E-state index < -0.39 is 23.3 Å². The van der Waals surface area contributed by atoms with Crippen LogP contribution in [0.3, 0.4) is 0 Å². The molecule has 0 amide bonds. The molecule has 8 heteroatoms. The number of carbonyl (C=O) groups excluding carboxylic acids is 3. The maximum atomic E-state index is 13.0. The van der Waals surface area contributed by atoms with E-state index in [1.54, 1.807) is 0 Å². The largest absolute Gasteiger partial charge is 0.508 e. The van der Waals surface area contributed by atoms with Crippen LogP contribution in [-0.4, -0.2) is 46.1 Å². The number of rotatable bonds is 3. The zero-order valence-electron chi connectivity index (χ0n) is 14.8. The van der Waals surface area contributed by atoms with E-state index >= 15 is 0 Å². The molecule has 0 aromatic heterocycles. The molecule has 0 fully saturated rings. The van der Waals surface area contributed by atoms with Crippen molar-refractivity contribution < 1.29 is 39.2 Å². The lowest BCUT2D eigenvalue weighted by molar-refractivity contribution is -0.141. The van der Waals surface area contributed by atoms with Gasteiger partial charge in [-0.3, -0.25) is 14.4 Å². The molecule has 1 heterocycles. The highest BCUT2D eigenvalue weighted by Gasteiger charge is 2.40. The molecule has 2 aliphatic rings. The number of hydrogen-bond acceptors (Lipinski definition) is 8. The summed E-state index contributed by atoms with van der Waals surface area (Å²) < 4.78 is 10.6. The summed E-state index contributed by atoms with van der Waals surface area (Å²) >= 11 is 0. The first-order valence-electron chi connectivity index (χ1n) is 8.61. The number of carbonyl (C=O) groups is 3. The predicted octanol–water partition coefficient (Wildman–Crippen LogP) is 2.01. The topological polar surface area (TPSA) is 130 Å². The van der Waals surface area contributed by atoms with Crippen LogP contribution < -0.4 is 4.74 Å². The molecule has 0 saturated heterocycles. The van der Waals surface area contributed by atoms with E-state index in [2.05, 4.69) is 0 Å². The fourth-order valence-corrected chi connectivity index (χ4v) is 3.75. The third-order valence-electron chi connectivity index (χ3n) is 4.95. The number of aromatic hydroxyl groups is 3. The first-order chi connectivity index (χ1) is 13.3. The first kappa shape index (κ1) is 17.8. The lowest BCUT2D eigenvalue weighted by Crippen LogP contribution is -2.22. The highest BCUT2D eigenvalue weighted by atomic mass is 16.5. The Hall–Kier alpha value is -3.55. The molecule has 1 aliphatic heterocycles. The summed E-state index contributed by atoms with van der Waals surface area (Å²) in [5.41, 5.74) is -0.0664. The number of benzene rings is 2. The summed E-state index contributed by atoms with van der Waals surface area (Å²) in [5.74, 6) is -2.95. The van der Waals surface area contributed by atoms with Gasteiger partial charge in [-0.25, -0.2) is 0 Å². The van der Waals surface area contributed by atoms with E-state index in [1.165, 1.54) is 13.0 Å². The molecule has 1 atom stereocenters. The molecule has 0 bridgehead atoms. The molecule has 144 valence electrons. The Labute approximate surface area is 158 Å².